The van der Waals surface area contributed by atoms with E-state index in [1.807, 2.05) is 28.0 Å². The molecule has 8 heteroatoms. The van der Waals surface area contributed by atoms with Gasteiger partial charge in [0.05, 0.1) is 12.6 Å². The number of hydrogen-bond donors (Lipinski definition) is 1. The lowest BCUT2D eigenvalue weighted by Gasteiger charge is -2.38. The highest BCUT2D eigenvalue weighted by molar-refractivity contribution is 5.81. The SMILES string of the molecule is CCCCN(CCCC)C(=O)CN1[C@H](C(=O)O)[C@H](c2ccc3c(c2)OCO3)C[C@H]1C1CCC(OC)CC1. The highest BCUT2D eigenvalue weighted by atomic mass is 16.7. The Kier molecular flexibility index (Phi) is 9.71. The topological polar surface area (TPSA) is 88.5 Å². The fourth-order valence-electron chi connectivity index (χ4n) is 6.44. The molecule has 1 amide bonds. The number of nitrogens with zero attached hydrogens (tertiary/aromatic N) is 2. The third-order valence-electron chi connectivity index (χ3n) is 8.57. The van der Waals surface area contributed by atoms with Gasteiger partial charge < -0.3 is 24.2 Å². The van der Waals surface area contributed by atoms with Crippen LogP contribution in [0.15, 0.2) is 18.2 Å². The number of rotatable bonds is 12. The molecule has 8 nitrogen and oxygen atoms in total. The monoisotopic (exact) mass is 516 g/mol. The van der Waals surface area contributed by atoms with Crippen molar-refractivity contribution in [3.05, 3.63) is 23.8 Å². The summed E-state index contributed by atoms with van der Waals surface area (Å²) >= 11 is 0. The summed E-state index contributed by atoms with van der Waals surface area (Å²) in [6.45, 7) is 6.06. The van der Waals surface area contributed by atoms with Gasteiger partial charge in [0.1, 0.15) is 6.04 Å². The van der Waals surface area contributed by atoms with Gasteiger partial charge in [-0.05, 0) is 68.6 Å². The van der Waals surface area contributed by atoms with Gasteiger partial charge in [0, 0.05) is 32.2 Å². The van der Waals surface area contributed by atoms with E-state index in [0.29, 0.717) is 17.4 Å². The van der Waals surface area contributed by atoms with Crippen molar-refractivity contribution in [3.8, 4) is 11.5 Å². The Bertz CT molecular complexity index is 908. The summed E-state index contributed by atoms with van der Waals surface area (Å²) in [6, 6.07) is 5.06. The molecule has 0 unspecified atom stereocenters. The van der Waals surface area contributed by atoms with Crippen LogP contribution < -0.4 is 9.47 Å². The van der Waals surface area contributed by atoms with Gasteiger partial charge in [-0.2, -0.15) is 0 Å². The second kappa shape index (κ2) is 13.0. The Morgan fingerprint density at radius 1 is 1.05 bits per heavy atom. The van der Waals surface area contributed by atoms with Gasteiger partial charge in [-0.3, -0.25) is 14.5 Å². The van der Waals surface area contributed by atoms with Crippen LogP contribution in [0.1, 0.15) is 83.1 Å². The first-order chi connectivity index (χ1) is 18.0. The summed E-state index contributed by atoms with van der Waals surface area (Å²) in [6.07, 6.45) is 8.89. The summed E-state index contributed by atoms with van der Waals surface area (Å²) in [5.41, 5.74) is 0.941. The molecule has 0 spiro atoms. The summed E-state index contributed by atoms with van der Waals surface area (Å²) in [4.78, 5) is 30.4. The molecule has 0 bridgehead atoms. The lowest BCUT2D eigenvalue weighted by Crippen LogP contribution is -2.51. The highest BCUT2D eigenvalue weighted by Crippen LogP contribution is 2.46. The molecule has 0 aromatic heterocycles. The maximum atomic E-state index is 13.6. The number of methoxy groups -OCH3 is 1. The molecule has 3 aliphatic rings. The van der Waals surface area contributed by atoms with Gasteiger partial charge in [0.15, 0.2) is 11.5 Å². The molecular weight excluding hydrogens is 472 g/mol. The van der Waals surface area contributed by atoms with Gasteiger partial charge in [0.2, 0.25) is 12.7 Å². The van der Waals surface area contributed by atoms with Crippen molar-refractivity contribution < 1.29 is 28.9 Å². The van der Waals surface area contributed by atoms with Crippen LogP contribution in [-0.4, -0.2) is 78.5 Å². The van der Waals surface area contributed by atoms with Crippen molar-refractivity contribution in [1.82, 2.24) is 9.80 Å². The molecule has 2 heterocycles. The third kappa shape index (κ3) is 6.40. The molecule has 2 aliphatic heterocycles. The van der Waals surface area contributed by atoms with E-state index >= 15 is 0 Å². The average Bonchev–Trinajstić information content (AvgIpc) is 3.53. The average molecular weight is 517 g/mol. The maximum Gasteiger partial charge on any atom is 0.321 e. The highest BCUT2D eigenvalue weighted by Gasteiger charge is 2.49. The number of likely N-dealkylation sites (tertiary alicyclic amines) is 1. The standard InChI is InChI=1S/C29H44N2O6/c1-4-6-14-30(15-7-5-2)27(32)18-31-24(20-8-11-22(35-3)12-9-20)17-23(28(31)29(33)34)21-10-13-25-26(16-21)37-19-36-25/h10,13,16,20,22-24,28H,4-9,11-12,14-15,17-19H2,1-3H3,(H,33,34)/t20?,22?,23-,24-,28-/m0/s1. The molecule has 1 aliphatic carbocycles. The van der Waals surface area contributed by atoms with Crippen molar-refractivity contribution in [2.75, 3.05) is 33.5 Å². The van der Waals surface area contributed by atoms with Crippen LogP contribution in [0.3, 0.4) is 0 Å². The zero-order valence-corrected chi connectivity index (χ0v) is 22.7. The fourth-order valence-corrected chi connectivity index (χ4v) is 6.44. The van der Waals surface area contributed by atoms with Crippen LogP contribution in [0, 0.1) is 5.92 Å². The first-order valence-corrected chi connectivity index (χ1v) is 14.1. The second-order valence-corrected chi connectivity index (χ2v) is 10.8. The molecule has 3 atom stereocenters. The van der Waals surface area contributed by atoms with Crippen LogP contribution in [-0.2, 0) is 14.3 Å². The summed E-state index contributed by atoms with van der Waals surface area (Å²) in [5, 5.41) is 10.5. The normalized spacial score (nSPS) is 27.4. The smallest absolute Gasteiger partial charge is 0.321 e. The molecule has 0 radical (unpaired) electrons. The number of carbonyl (C=O) groups excluding carboxylic acids is 1. The van der Waals surface area contributed by atoms with Crippen LogP contribution in [0.5, 0.6) is 11.5 Å². The minimum absolute atomic E-state index is 0.0393. The van der Waals surface area contributed by atoms with Gasteiger partial charge in [-0.1, -0.05) is 32.8 Å². The van der Waals surface area contributed by atoms with E-state index in [1.54, 1.807) is 7.11 Å². The first-order valence-electron chi connectivity index (χ1n) is 14.1. The Morgan fingerprint density at radius 3 is 2.35 bits per heavy atom. The van der Waals surface area contributed by atoms with E-state index in [2.05, 4.69) is 13.8 Å². The van der Waals surface area contributed by atoms with Crippen LogP contribution >= 0.6 is 0 Å². The number of fused-ring (bicyclic) bond motifs is 1. The molecule has 1 saturated carbocycles. The largest absolute Gasteiger partial charge is 0.480 e. The number of benzene rings is 1. The predicted molar refractivity (Wildman–Crippen MR) is 141 cm³/mol. The quantitative estimate of drug-likeness (QED) is 0.432. The number of carboxylic acid groups (broad SMARTS) is 1. The zero-order valence-electron chi connectivity index (χ0n) is 22.7. The molecule has 1 saturated heterocycles. The minimum atomic E-state index is -0.864. The number of carbonyl (C=O) groups is 2. The van der Waals surface area contributed by atoms with Gasteiger partial charge >= 0.3 is 5.97 Å². The van der Waals surface area contributed by atoms with Crippen LogP contribution in [0.4, 0.5) is 0 Å². The third-order valence-corrected chi connectivity index (χ3v) is 8.57. The summed E-state index contributed by atoms with van der Waals surface area (Å²) in [5.74, 6) is 0.674. The summed E-state index contributed by atoms with van der Waals surface area (Å²) < 4.78 is 16.7. The number of amides is 1. The summed E-state index contributed by atoms with van der Waals surface area (Å²) in [7, 11) is 1.77. The van der Waals surface area contributed by atoms with Crippen molar-refractivity contribution in [1.29, 1.82) is 0 Å². The molecule has 206 valence electrons. The van der Waals surface area contributed by atoms with E-state index in [9.17, 15) is 14.7 Å². The Balaban J connectivity index is 1.61. The minimum Gasteiger partial charge on any atom is -0.480 e. The van der Waals surface area contributed by atoms with Gasteiger partial charge in [-0.25, -0.2) is 0 Å². The van der Waals surface area contributed by atoms with Crippen molar-refractivity contribution in [3.63, 3.8) is 0 Å². The molecule has 4 rings (SSSR count). The van der Waals surface area contributed by atoms with E-state index in [1.165, 1.54) is 0 Å². The Labute approximate surface area is 221 Å². The molecular formula is C29H44N2O6. The lowest BCUT2D eigenvalue weighted by atomic mass is 9.80. The lowest BCUT2D eigenvalue weighted by molar-refractivity contribution is -0.145. The molecule has 1 aromatic carbocycles. The second-order valence-electron chi connectivity index (χ2n) is 10.8. The van der Waals surface area contributed by atoms with Crippen molar-refractivity contribution in [2.24, 2.45) is 5.92 Å². The van der Waals surface area contributed by atoms with Gasteiger partial charge in [0.25, 0.3) is 0 Å². The Hall–Kier alpha value is -2.32. The number of unbranched alkanes of at least 4 members (excludes halogenated alkanes) is 2. The zero-order chi connectivity index (χ0) is 26.4. The molecule has 1 N–H and O–H groups in total. The Morgan fingerprint density at radius 2 is 1.73 bits per heavy atom. The van der Waals surface area contributed by atoms with Crippen molar-refractivity contribution >= 4 is 11.9 Å². The number of hydrogen-bond acceptors (Lipinski definition) is 6. The predicted octanol–water partition coefficient (Wildman–Crippen LogP) is 4.66. The number of aliphatic carboxylic acids is 1. The van der Waals surface area contributed by atoms with E-state index in [4.69, 9.17) is 14.2 Å². The molecule has 37 heavy (non-hydrogen) atoms. The molecule has 2 fully saturated rings. The van der Waals surface area contributed by atoms with Crippen LogP contribution in [0.25, 0.3) is 0 Å². The first kappa shape index (κ1) is 27.7. The maximum absolute atomic E-state index is 13.6. The fraction of sp³-hybridized carbons (Fsp3) is 0.724. The van der Waals surface area contributed by atoms with Crippen LogP contribution in [0.2, 0.25) is 0 Å². The van der Waals surface area contributed by atoms with Gasteiger partial charge in [-0.15, -0.1) is 0 Å². The number of carboxylic acids is 1. The van der Waals surface area contributed by atoms with E-state index in [-0.39, 0.29) is 37.3 Å². The molecule has 1 aromatic rings. The number of ether oxygens (including phenoxy) is 3. The van der Waals surface area contributed by atoms with E-state index < -0.39 is 12.0 Å². The van der Waals surface area contributed by atoms with E-state index in [0.717, 1.165) is 76.4 Å². The van der Waals surface area contributed by atoms with Crippen molar-refractivity contribution in [2.45, 2.75) is 95.7 Å².